The summed E-state index contributed by atoms with van der Waals surface area (Å²) in [4.78, 5) is 38.3. The van der Waals surface area contributed by atoms with Crippen LogP contribution in [0.15, 0.2) is 42.5 Å². The molecule has 1 aliphatic heterocycles. The Morgan fingerprint density at radius 2 is 2.00 bits per heavy atom. The van der Waals surface area contributed by atoms with Gasteiger partial charge in [-0.15, -0.1) is 0 Å². The van der Waals surface area contributed by atoms with Crippen molar-refractivity contribution in [2.45, 2.75) is 19.0 Å². The van der Waals surface area contributed by atoms with Crippen molar-refractivity contribution in [2.75, 3.05) is 13.7 Å². The van der Waals surface area contributed by atoms with Gasteiger partial charge in [-0.1, -0.05) is 35.9 Å². The number of carbonyl (C=O) groups excluding carboxylic acids is 3. The van der Waals surface area contributed by atoms with Crippen molar-refractivity contribution in [1.82, 2.24) is 15.5 Å². The first-order chi connectivity index (χ1) is 13.8. The Balaban J connectivity index is 1.70. The zero-order valence-corrected chi connectivity index (χ0v) is 16.5. The summed E-state index contributed by atoms with van der Waals surface area (Å²) in [5.41, 5.74) is -0.496. The van der Waals surface area contributed by atoms with Gasteiger partial charge in [-0.2, -0.15) is 0 Å². The minimum absolute atomic E-state index is 0.00336. The van der Waals surface area contributed by atoms with Crippen molar-refractivity contribution < 1.29 is 23.5 Å². The largest absolute Gasteiger partial charge is 0.496 e. The van der Waals surface area contributed by atoms with Gasteiger partial charge in [-0.3, -0.25) is 14.5 Å². The number of methoxy groups -OCH3 is 1. The summed E-state index contributed by atoms with van der Waals surface area (Å²) in [7, 11) is 1.52. The van der Waals surface area contributed by atoms with Crippen LogP contribution in [0.4, 0.5) is 9.18 Å². The normalized spacial score (nSPS) is 18.6. The van der Waals surface area contributed by atoms with E-state index >= 15 is 0 Å². The van der Waals surface area contributed by atoms with Gasteiger partial charge in [0, 0.05) is 22.7 Å². The van der Waals surface area contributed by atoms with Gasteiger partial charge in [0.25, 0.3) is 5.91 Å². The first kappa shape index (κ1) is 20.6. The van der Waals surface area contributed by atoms with E-state index in [0.29, 0.717) is 5.75 Å². The van der Waals surface area contributed by atoms with E-state index in [9.17, 15) is 18.8 Å². The SMILES string of the molecule is COc1ccccc1CNC(=O)CN1C(=O)NC(C)(c2ccc(F)cc2Cl)C1=O. The molecular weight excluding hydrogens is 401 g/mol. The minimum atomic E-state index is -1.50. The number of hydrogen-bond acceptors (Lipinski definition) is 4. The molecule has 0 spiro atoms. The lowest BCUT2D eigenvalue weighted by atomic mass is 9.92. The van der Waals surface area contributed by atoms with Crippen LogP contribution in [0.5, 0.6) is 5.75 Å². The molecule has 1 atom stereocenters. The van der Waals surface area contributed by atoms with Crippen molar-refractivity contribution in [3.63, 3.8) is 0 Å². The van der Waals surface area contributed by atoms with Gasteiger partial charge in [-0.05, 0) is 25.1 Å². The van der Waals surface area contributed by atoms with Crippen molar-refractivity contribution in [2.24, 2.45) is 0 Å². The molecule has 1 aliphatic rings. The zero-order valence-electron chi connectivity index (χ0n) is 15.8. The topological polar surface area (TPSA) is 87.7 Å². The summed E-state index contributed by atoms with van der Waals surface area (Å²) >= 11 is 6.06. The van der Waals surface area contributed by atoms with Gasteiger partial charge in [0.05, 0.1) is 7.11 Å². The molecule has 7 nitrogen and oxygen atoms in total. The van der Waals surface area contributed by atoms with Crippen molar-refractivity contribution in [3.05, 3.63) is 64.4 Å². The molecule has 3 rings (SSSR count). The highest BCUT2D eigenvalue weighted by atomic mass is 35.5. The first-order valence-electron chi connectivity index (χ1n) is 8.74. The van der Waals surface area contributed by atoms with E-state index in [1.807, 2.05) is 0 Å². The number of urea groups is 1. The maximum absolute atomic E-state index is 13.3. The highest BCUT2D eigenvalue weighted by Crippen LogP contribution is 2.33. The van der Waals surface area contributed by atoms with Gasteiger partial charge in [-0.25, -0.2) is 9.18 Å². The van der Waals surface area contributed by atoms with E-state index in [0.717, 1.165) is 22.6 Å². The van der Waals surface area contributed by atoms with Crippen LogP contribution in [0, 0.1) is 5.82 Å². The third-order valence-electron chi connectivity index (χ3n) is 4.72. The van der Waals surface area contributed by atoms with E-state index in [2.05, 4.69) is 10.6 Å². The van der Waals surface area contributed by atoms with Crippen LogP contribution in [0.1, 0.15) is 18.1 Å². The molecule has 1 unspecified atom stereocenters. The smallest absolute Gasteiger partial charge is 0.325 e. The molecule has 2 aromatic rings. The number of ether oxygens (including phenoxy) is 1. The van der Waals surface area contributed by atoms with Crippen LogP contribution >= 0.6 is 11.6 Å². The number of halogens is 2. The molecule has 152 valence electrons. The van der Waals surface area contributed by atoms with Gasteiger partial charge in [0.1, 0.15) is 23.7 Å². The molecule has 0 radical (unpaired) electrons. The number of amides is 4. The quantitative estimate of drug-likeness (QED) is 0.704. The Hall–Kier alpha value is -3.13. The first-order valence-corrected chi connectivity index (χ1v) is 9.12. The summed E-state index contributed by atoms with van der Waals surface area (Å²) in [6, 6.07) is 9.97. The number of hydrogen-bond donors (Lipinski definition) is 2. The summed E-state index contributed by atoms with van der Waals surface area (Å²) in [5.74, 6) is -1.12. The summed E-state index contributed by atoms with van der Waals surface area (Å²) in [6.07, 6.45) is 0. The molecule has 1 fully saturated rings. The molecular formula is C20H19ClFN3O4. The maximum Gasteiger partial charge on any atom is 0.325 e. The highest BCUT2D eigenvalue weighted by molar-refractivity contribution is 6.32. The van der Waals surface area contributed by atoms with Crippen LogP contribution in [0.2, 0.25) is 5.02 Å². The predicted molar refractivity (Wildman–Crippen MR) is 104 cm³/mol. The Kier molecular flexibility index (Phi) is 5.74. The molecule has 1 saturated heterocycles. The van der Waals surface area contributed by atoms with Crippen LogP contribution in [0.25, 0.3) is 0 Å². The lowest BCUT2D eigenvalue weighted by molar-refractivity contribution is -0.134. The van der Waals surface area contributed by atoms with E-state index < -0.39 is 35.7 Å². The fourth-order valence-electron chi connectivity index (χ4n) is 3.16. The molecule has 9 heteroatoms. The second-order valence-electron chi connectivity index (χ2n) is 6.66. The molecule has 0 bridgehead atoms. The molecule has 2 N–H and O–H groups in total. The van der Waals surface area contributed by atoms with Gasteiger partial charge >= 0.3 is 6.03 Å². The van der Waals surface area contributed by atoms with Crippen molar-refractivity contribution in [3.8, 4) is 5.75 Å². The second kappa shape index (κ2) is 8.08. The molecule has 1 heterocycles. The summed E-state index contributed by atoms with van der Waals surface area (Å²) < 4.78 is 18.6. The van der Waals surface area contributed by atoms with Gasteiger partial charge in [0.15, 0.2) is 0 Å². The Bertz CT molecular complexity index is 984. The second-order valence-corrected chi connectivity index (χ2v) is 7.07. The fourth-order valence-corrected chi connectivity index (χ4v) is 3.52. The molecule has 29 heavy (non-hydrogen) atoms. The highest BCUT2D eigenvalue weighted by Gasteiger charge is 2.50. The lowest BCUT2D eigenvalue weighted by Crippen LogP contribution is -2.43. The standard InChI is InChI=1S/C20H19ClFN3O4/c1-20(14-8-7-13(22)9-15(14)21)18(27)25(19(28)24-20)11-17(26)23-10-12-5-3-4-6-16(12)29-2/h3-9H,10-11H2,1-2H3,(H,23,26)(H,24,28). The van der Waals surface area contributed by atoms with Crippen molar-refractivity contribution in [1.29, 1.82) is 0 Å². The predicted octanol–water partition coefficient (Wildman–Crippen LogP) is 2.57. The summed E-state index contributed by atoms with van der Waals surface area (Å²) in [5, 5.41) is 5.20. The number of rotatable bonds is 6. The van der Waals surface area contributed by atoms with E-state index in [1.165, 1.54) is 20.1 Å². The molecule has 0 aromatic heterocycles. The Labute approximate surface area is 171 Å². The molecule has 4 amide bonds. The average molecular weight is 420 g/mol. The lowest BCUT2D eigenvalue weighted by Gasteiger charge is -2.23. The molecule has 0 saturated carbocycles. The number of benzene rings is 2. The zero-order chi connectivity index (χ0) is 21.2. The number of imide groups is 1. The molecule has 2 aromatic carbocycles. The third-order valence-corrected chi connectivity index (χ3v) is 5.03. The number of nitrogens with zero attached hydrogens (tertiary/aromatic N) is 1. The van der Waals surface area contributed by atoms with E-state index in [-0.39, 0.29) is 17.1 Å². The minimum Gasteiger partial charge on any atom is -0.496 e. The summed E-state index contributed by atoms with van der Waals surface area (Å²) in [6.45, 7) is 1.17. The van der Waals surface area contributed by atoms with E-state index in [1.54, 1.807) is 24.3 Å². The number of para-hydroxylation sites is 1. The van der Waals surface area contributed by atoms with Crippen LogP contribution in [-0.4, -0.2) is 36.4 Å². The van der Waals surface area contributed by atoms with Crippen molar-refractivity contribution >= 4 is 29.4 Å². The fraction of sp³-hybridized carbons (Fsp3) is 0.250. The maximum atomic E-state index is 13.3. The van der Waals surface area contributed by atoms with Crippen LogP contribution in [-0.2, 0) is 21.7 Å². The van der Waals surface area contributed by atoms with E-state index in [4.69, 9.17) is 16.3 Å². The average Bonchev–Trinajstić information content (AvgIpc) is 2.90. The third kappa shape index (κ3) is 4.02. The van der Waals surface area contributed by atoms with Gasteiger partial charge < -0.3 is 15.4 Å². The molecule has 0 aliphatic carbocycles. The Morgan fingerprint density at radius 1 is 1.28 bits per heavy atom. The van der Waals surface area contributed by atoms with Gasteiger partial charge in [0.2, 0.25) is 5.91 Å². The monoisotopic (exact) mass is 419 g/mol. The van der Waals surface area contributed by atoms with Crippen LogP contribution in [0.3, 0.4) is 0 Å². The number of carbonyl (C=O) groups is 3. The Morgan fingerprint density at radius 3 is 2.69 bits per heavy atom. The number of nitrogens with one attached hydrogen (secondary N) is 2. The van der Waals surface area contributed by atoms with Crippen LogP contribution < -0.4 is 15.4 Å².